The zero-order valence-corrected chi connectivity index (χ0v) is 18.0. The van der Waals surface area contributed by atoms with Crippen LogP contribution in [0, 0.1) is 0 Å². The van der Waals surface area contributed by atoms with E-state index < -0.39 is 15.3 Å². The Labute approximate surface area is 178 Å². The smallest absolute Gasteiger partial charge is 0.236 e. The molecule has 7 nitrogen and oxygen atoms in total. The van der Waals surface area contributed by atoms with Gasteiger partial charge in [-0.3, -0.25) is 4.79 Å². The van der Waals surface area contributed by atoms with Crippen LogP contribution < -0.4 is 14.8 Å². The van der Waals surface area contributed by atoms with Crippen molar-refractivity contribution in [1.29, 1.82) is 0 Å². The fraction of sp³-hybridized carbons (Fsp3) is 0.238. The van der Waals surface area contributed by atoms with E-state index in [1.807, 2.05) is 24.3 Å². The van der Waals surface area contributed by atoms with Crippen LogP contribution in [0.5, 0.6) is 11.5 Å². The molecule has 156 valence electrons. The van der Waals surface area contributed by atoms with Gasteiger partial charge < -0.3 is 14.8 Å². The van der Waals surface area contributed by atoms with Crippen LogP contribution in [-0.2, 0) is 20.0 Å². The van der Waals surface area contributed by atoms with E-state index in [0.717, 1.165) is 35.5 Å². The molecule has 0 atom stereocenters. The lowest BCUT2D eigenvalue weighted by Gasteiger charge is -2.15. The predicted octanol–water partition coefficient (Wildman–Crippen LogP) is 3.66. The molecule has 4 rings (SSSR count). The molecule has 0 unspecified atom stereocenters. The van der Waals surface area contributed by atoms with Crippen LogP contribution in [0.4, 0.5) is 5.13 Å². The highest BCUT2D eigenvalue weighted by molar-refractivity contribution is 7.93. The minimum absolute atomic E-state index is 0.0385. The quantitative estimate of drug-likeness (QED) is 0.598. The summed E-state index contributed by atoms with van der Waals surface area (Å²) in [6.07, 6.45) is 2.71. The van der Waals surface area contributed by atoms with Crippen LogP contribution >= 0.6 is 11.3 Å². The van der Waals surface area contributed by atoms with Crippen LogP contribution in [-0.4, -0.2) is 33.5 Å². The lowest BCUT2D eigenvalue weighted by atomic mass is 9.95. The van der Waals surface area contributed by atoms with Crippen molar-refractivity contribution in [3.63, 3.8) is 0 Å². The molecule has 0 bridgehead atoms. The van der Waals surface area contributed by atoms with Gasteiger partial charge in [-0.1, -0.05) is 35.6 Å². The summed E-state index contributed by atoms with van der Waals surface area (Å²) in [5.74, 6) is 0.789. The zero-order chi connectivity index (χ0) is 21.4. The van der Waals surface area contributed by atoms with Crippen LogP contribution in [0.3, 0.4) is 0 Å². The number of anilines is 1. The van der Waals surface area contributed by atoms with Gasteiger partial charge in [0.05, 0.1) is 25.8 Å². The Bertz CT molecular complexity index is 1180. The molecular formula is C21H20N2O5S2. The van der Waals surface area contributed by atoms with Crippen molar-refractivity contribution in [2.24, 2.45) is 0 Å². The molecule has 30 heavy (non-hydrogen) atoms. The van der Waals surface area contributed by atoms with E-state index in [9.17, 15) is 13.2 Å². The molecule has 1 fully saturated rings. The molecular weight excluding hydrogens is 424 g/mol. The number of nitrogens with zero attached hydrogens (tertiary/aromatic N) is 1. The maximum absolute atomic E-state index is 13.0. The number of sulfone groups is 1. The number of ether oxygens (including phenoxy) is 2. The van der Waals surface area contributed by atoms with Crippen molar-refractivity contribution in [3.05, 3.63) is 60.3 Å². The molecule has 1 saturated carbocycles. The summed E-state index contributed by atoms with van der Waals surface area (Å²) in [6.45, 7) is 0. The molecule has 9 heteroatoms. The van der Waals surface area contributed by atoms with Gasteiger partial charge in [0.25, 0.3) is 0 Å². The van der Waals surface area contributed by atoms with Crippen molar-refractivity contribution in [1.82, 2.24) is 4.98 Å². The maximum Gasteiger partial charge on any atom is 0.236 e. The number of para-hydroxylation sites is 1. The lowest BCUT2D eigenvalue weighted by Crippen LogP contribution is -2.27. The Balaban J connectivity index is 1.55. The Hall–Kier alpha value is -2.91. The molecule has 0 saturated heterocycles. The Morgan fingerprint density at radius 2 is 1.77 bits per heavy atom. The van der Waals surface area contributed by atoms with Gasteiger partial charge >= 0.3 is 0 Å². The van der Waals surface area contributed by atoms with Crippen LogP contribution in [0.25, 0.3) is 0 Å². The number of carbonyl (C=O) groups is 1. The largest absolute Gasteiger partial charge is 0.497 e. The number of methoxy groups -OCH3 is 2. The summed E-state index contributed by atoms with van der Waals surface area (Å²) in [7, 11) is -0.802. The van der Waals surface area contributed by atoms with Crippen molar-refractivity contribution in [2.75, 3.05) is 19.5 Å². The van der Waals surface area contributed by atoms with E-state index >= 15 is 0 Å². The number of aromatic nitrogens is 1. The summed E-state index contributed by atoms with van der Waals surface area (Å²) in [5.41, 5.74) is 0.291. The first-order valence-corrected chi connectivity index (χ1v) is 11.5. The number of rotatable bonds is 7. The standard InChI is InChI=1S/C21H20N2O5S2/c1-27-15-9-7-14(8-10-15)21(11-12-21)19(24)23-20-22-13-18(29-20)30(25,26)17-6-4-3-5-16(17)28-2/h3-10,13H,11-12H2,1-2H3,(H,22,23,24). The molecule has 1 N–H and O–H groups in total. The zero-order valence-electron chi connectivity index (χ0n) is 16.4. The van der Waals surface area contributed by atoms with Gasteiger partial charge in [-0.2, -0.15) is 0 Å². The van der Waals surface area contributed by atoms with E-state index in [-0.39, 0.29) is 25.9 Å². The molecule has 1 heterocycles. The minimum Gasteiger partial charge on any atom is -0.497 e. The number of hydrogen-bond acceptors (Lipinski definition) is 7. The molecule has 0 radical (unpaired) electrons. The molecule has 3 aromatic rings. The summed E-state index contributed by atoms with van der Waals surface area (Å²) in [6, 6.07) is 13.8. The normalized spacial score (nSPS) is 14.7. The first kappa shape index (κ1) is 20.4. The number of benzene rings is 2. The van der Waals surface area contributed by atoms with Crippen molar-refractivity contribution >= 4 is 32.2 Å². The Morgan fingerprint density at radius 3 is 2.40 bits per heavy atom. The highest BCUT2D eigenvalue weighted by Crippen LogP contribution is 2.49. The SMILES string of the molecule is COc1ccc(C2(C(=O)Nc3ncc(S(=O)(=O)c4ccccc4OC)s3)CC2)cc1. The molecule has 1 aliphatic carbocycles. The topological polar surface area (TPSA) is 94.6 Å². The molecule has 1 aliphatic rings. The van der Waals surface area contributed by atoms with Gasteiger partial charge in [-0.05, 0) is 42.7 Å². The van der Waals surface area contributed by atoms with Gasteiger partial charge in [0, 0.05) is 0 Å². The number of carbonyl (C=O) groups excluding carboxylic acids is 1. The van der Waals surface area contributed by atoms with Gasteiger partial charge in [-0.15, -0.1) is 0 Å². The number of thiazole rings is 1. The average Bonchev–Trinajstić information content (AvgIpc) is 3.45. The third-order valence-corrected chi connectivity index (χ3v) is 8.32. The van der Waals surface area contributed by atoms with Gasteiger partial charge in [0.2, 0.25) is 15.7 Å². The van der Waals surface area contributed by atoms with Gasteiger partial charge in [0.15, 0.2) is 5.13 Å². The number of hydrogen-bond donors (Lipinski definition) is 1. The number of nitrogens with one attached hydrogen (secondary N) is 1. The molecule has 1 aromatic heterocycles. The van der Waals surface area contributed by atoms with E-state index in [1.165, 1.54) is 19.4 Å². The van der Waals surface area contributed by atoms with Crippen molar-refractivity contribution in [2.45, 2.75) is 27.4 Å². The second-order valence-corrected chi connectivity index (χ2v) is 10.1. The third-order valence-electron chi connectivity index (χ3n) is 5.16. The fourth-order valence-corrected chi connectivity index (χ4v) is 5.86. The molecule has 1 amide bonds. The van der Waals surface area contributed by atoms with E-state index in [0.29, 0.717) is 0 Å². The Morgan fingerprint density at radius 1 is 1.07 bits per heavy atom. The highest BCUT2D eigenvalue weighted by Gasteiger charge is 2.51. The predicted molar refractivity (Wildman–Crippen MR) is 113 cm³/mol. The maximum atomic E-state index is 13.0. The highest BCUT2D eigenvalue weighted by atomic mass is 32.2. The van der Waals surface area contributed by atoms with E-state index in [1.54, 1.807) is 25.3 Å². The van der Waals surface area contributed by atoms with Crippen LogP contribution in [0.1, 0.15) is 18.4 Å². The van der Waals surface area contributed by atoms with Gasteiger partial charge in [-0.25, -0.2) is 13.4 Å². The second kappa shape index (κ2) is 7.73. The number of amides is 1. The first-order valence-electron chi connectivity index (χ1n) is 9.21. The summed E-state index contributed by atoms with van der Waals surface area (Å²) in [5, 5.41) is 3.03. The molecule has 2 aromatic carbocycles. The third kappa shape index (κ3) is 3.54. The van der Waals surface area contributed by atoms with Crippen molar-refractivity contribution in [3.8, 4) is 11.5 Å². The average molecular weight is 445 g/mol. The van der Waals surface area contributed by atoms with Crippen molar-refractivity contribution < 1.29 is 22.7 Å². The second-order valence-electron chi connectivity index (χ2n) is 6.90. The molecule has 0 aliphatic heterocycles. The fourth-order valence-electron chi connectivity index (χ4n) is 3.29. The van der Waals surface area contributed by atoms with Crippen LogP contribution in [0.2, 0.25) is 0 Å². The van der Waals surface area contributed by atoms with E-state index in [2.05, 4.69) is 10.3 Å². The van der Waals surface area contributed by atoms with Gasteiger partial charge in [0.1, 0.15) is 20.6 Å². The molecule has 0 spiro atoms. The van der Waals surface area contributed by atoms with Crippen LogP contribution in [0.15, 0.2) is 63.8 Å². The summed E-state index contributed by atoms with van der Waals surface area (Å²) < 4.78 is 36.3. The monoisotopic (exact) mass is 444 g/mol. The first-order chi connectivity index (χ1) is 14.4. The summed E-state index contributed by atoms with van der Waals surface area (Å²) >= 11 is 0.921. The van der Waals surface area contributed by atoms with E-state index in [4.69, 9.17) is 9.47 Å². The summed E-state index contributed by atoms with van der Waals surface area (Å²) in [4.78, 5) is 17.1. The minimum atomic E-state index is -3.81. The lowest BCUT2D eigenvalue weighted by molar-refractivity contribution is -0.118. The Kier molecular flexibility index (Phi) is 5.25.